The van der Waals surface area contributed by atoms with Crippen LogP contribution < -0.4 is 5.32 Å². The van der Waals surface area contributed by atoms with Gasteiger partial charge in [0.05, 0.1) is 17.7 Å². The van der Waals surface area contributed by atoms with Crippen LogP contribution in [0.25, 0.3) is 0 Å². The Hall–Kier alpha value is -2.14. The van der Waals surface area contributed by atoms with Crippen molar-refractivity contribution in [2.24, 2.45) is 0 Å². The summed E-state index contributed by atoms with van der Waals surface area (Å²) in [5, 5.41) is 3.16. The van der Waals surface area contributed by atoms with Gasteiger partial charge in [0.2, 0.25) is 0 Å². The van der Waals surface area contributed by atoms with Crippen LogP contribution in [0, 0.1) is 11.6 Å². The van der Waals surface area contributed by atoms with Gasteiger partial charge in [-0.25, -0.2) is 13.6 Å². The molecule has 0 unspecified atom stereocenters. The zero-order valence-corrected chi connectivity index (χ0v) is 11.9. The van der Waals surface area contributed by atoms with E-state index in [2.05, 4.69) is 10.1 Å². The van der Waals surface area contributed by atoms with Gasteiger partial charge in [0.25, 0.3) is 0 Å². The van der Waals surface area contributed by atoms with Crippen molar-refractivity contribution in [3.63, 3.8) is 0 Å². The van der Waals surface area contributed by atoms with Gasteiger partial charge < -0.3 is 10.1 Å². The molecule has 0 radical (unpaired) electrons. The molecule has 2 rings (SSSR count). The Morgan fingerprint density at radius 1 is 1.24 bits per heavy atom. The summed E-state index contributed by atoms with van der Waals surface area (Å²) in [5.74, 6) is -1.59. The third kappa shape index (κ3) is 3.70. The van der Waals surface area contributed by atoms with Crippen LogP contribution in [0.2, 0.25) is 5.02 Å². The van der Waals surface area contributed by atoms with Gasteiger partial charge >= 0.3 is 5.97 Å². The molecule has 21 heavy (non-hydrogen) atoms. The molecule has 0 amide bonds. The van der Waals surface area contributed by atoms with Crippen molar-refractivity contribution in [3.05, 3.63) is 64.2 Å². The molecule has 1 N–H and O–H groups in total. The maximum Gasteiger partial charge on any atom is 0.339 e. The van der Waals surface area contributed by atoms with Crippen molar-refractivity contribution in [2.45, 2.75) is 6.54 Å². The molecule has 0 aromatic heterocycles. The number of hydrogen-bond acceptors (Lipinski definition) is 3. The molecule has 0 aliphatic carbocycles. The minimum Gasteiger partial charge on any atom is -0.465 e. The number of anilines is 1. The first-order valence-electron chi connectivity index (χ1n) is 6.07. The number of methoxy groups -OCH3 is 1. The van der Waals surface area contributed by atoms with E-state index in [4.69, 9.17) is 11.6 Å². The number of ether oxygens (including phenoxy) is 1. The van der Waals surface area contributed by atoms with E-state index in [0.29, 0.717) is 5.69 Å². The van der Waals surface area contributed by atoms with Crippen molar-refractivity contribution in [1.82, 2.24) is 0 Å². The van der Waals surface area contributed by atoms with E-state index >= 15 is 0 Å². The predicted molar refractivity (Wildman–Crippen MR) is 76.5 cm³/mol. The van der Waals surface area contributed by atoms with Crippen molar-refractivity contribution >= 4 is 23.3 Å². The first-order valence-corrected chi connectivity index (χ1v) is 6.44. The Morgan fingerprint density at radius 2 is 2.00 bits per heavy atom. The van der Waals surface area contributed by atoms with Gasteiger partial charge in [0.15, 0.2) is 0 Å². The highest BCUT2D eigenvalue weighted by atomic mass is 35.5. The number of rotatable bonds is 4. The van der Waals surface area contributed by atoms with Crippen LogP contribution in [-0.4, -0.2) is 13.1 Å². The minimum atomic E-state index is -0.569. The standard InChI is InChI=1S/C15H12ClF2NO2/c1-21-15(20)12-7-11(3-4-13(12)16)19-8-9-6-10(17)2-5-14(9)18/h2-7,19H,8H2,1H3. The summed E-state index contributed by atoms with van der Waals surface area (Å²) < 4.78 is 31.2. The molecule has 0 spiro atoms. The monoisotopic (exact) mass is 311 g/mol. The van der Waals surface area contributed by atoms with E-state index < -0.39 is 17.6 Å². The van der Waals surface area contributed by atoms with E-state index in [-0.39, 0.29) is 22.7 Å². The number of carbonyl (C=O) groups is 1. The van der Waals surface area contributed by atoms with E-state index in [1.54, 1.807) is 6.07 Å². The number of esters is 1. The number of carbonyl (C=O) groups excluding carboxylic acids is 1. The van der Waals surface area contributed by atoms with Gasteiger partial charge in [-0.3, -0.25) is 0 Å². The lowest BCUT2D eigenvalue weighted by Gasteiger charge is -2.10. The van der Waals surface area contributed by atoms with Gasteiger partial charge in [-0.2, -0.15) is 0 Å². The molecule has 0 aliphatic rings. The molecule has 2 aromatic rings. The van der Waals surface area contributed by atoms with Gasteiger partial charge in [0.1, 0.15) is 11.6 Å². The number of nitrogens with one attached hydrogen (secondary N) is 1. The Labute approximate surface area is 125 Å². The molecule has 0 bridgehead atoms. The summed E-state index contributed by atoms with van der Waals surface area (Å²) >= 11 is 5.89. The highest BCUT2D eigenvalue weighted by Gasteiger charge is 2.11. The second-order valence-electron chi connectivity index (χ2n) is 4.28. The highest BCUT2D eigenvalue weighted by Crippen LogP contribution is 2.22. The molecule has 6 heteroatoms. The second kappa shape index (κ2) is 6.54. The van der Waals surface area contributed by atoms with Gasteiger partial charge in [-0.15, -0.1) is 0 Å². The highest BCUT2D eigenvalue weighted by molar-refractivity contribution is 6.33. The molecular weight excluding hydrogens is 300 g/mol. The summed E-state index contributed by atoms with van der Waals surface area (Å²) in [6, 6.07) is 7.87. The lowest BCUT2D eigenvalue weighted by atomic mass is 10.1. The van der Waals surface area contributed by atoms with Crippen LogP contribution in [0.1, 0.15) is 15.9 Å². The summed E-state index contributed by atoms with van der Waals surface area (Å²) in [5.41, 5.74) is 0.928. The second-order valence-corrected chi connectivity index (χ2v) is 4.68. The zero-order chi connectivity index (χ0) is 15.4. The summed E-state index contributed by atoms with van der Waals surface area (Å²) in [6.45, 7) is 0.0752. The normalized spacial score (nSPS) is 10.3. The number of hydrogen-bond donors (Lipinski definition) is 1. The topological polar surface area (TPSA) is 38.3 Å². The van der Waals surface area contributed by atoms with Gasteiger partial charge in [-0.05, 0) is 36.4 Å². The fourth-order valence-corrected chi connectivity index (χ4v) is 1.97. The Morgan fingerprint density at radius 3 is 2.71 bits per heavy atom. The van der Waals surface area contributed by atoms with Crippen molar-refractivity contribution in [3.8, 4) is 0 Å². The fraction of sp³-hybridized carbons (Fsp3) is 0.133. The van der Waals surface area contributed by atoms with Crippen molar-refractivity contribution < 1.29 is 18.3 Å². The van der Waals surface area contributed by atoms with Crippen molar-refractivity contribution in [2.75, 3.05) is 12.4 Å². The first-order chi connectivity index (χ1) is 10.0. The van der Waals surface area contributed by atoms with Crippen LogP contribution >= 0.6 is 11.6 Å². The van der Waals surface area contributed by atoms with Crippen LogP contribution in [0.15, 0.2) is 36.4 Å². The third-order valence-electron chi connectivity index (χ3n) is 2.86. The van der Waals surface area contributed by atoms with E-state index in [1.165, 1.54) is 19.2 Å². The molecule has 0 heterocycles. The van der Waals surface area contributed by atoms with Crippen LogP contribution in [0.4, 0.5) is 14.5 Å². The summed E-state index contributed by atoms with van der Waals surface area (Å²) in [6.07, 6.45) is 0. The first kappa shape index (κ1) is 15.3. The predicted octanol–water partition coefficient (Wildman–Crippen LogP) is 4.02. The molecule has 110 valence electrons. The Kier molecular flexibility index (Phi) is 4.75. The molecule has 0 aliphatic heterocycles. The smallest absolute Gasteiger partial charge is 0.339 e. The molecule has 0 saturated carbocycles. The quantitative estimate of drug-likeness (QED) is 0.867. The summed E-state index contributed by atoms with van der Waals surface area (Å²) in [4.78, 5) is 11.5. The fourth-order valence-electron chi connectivity index (χ4n) is 1.78. The molecule has 3 nitrogen and oxygen atoms in total. The molecule has 2 aromatic carbocycles. The van der Waals surface area contributed by atoms with Crippen molar-refractivity contribution in [1.29, 1.82) is 0 Å². The molecule has 0 atom stereocenters. The zero-order valence-electron chi connectivity index (χ0n) is 11.1. The Balaban J connectivity index is 2.17. The van der Waals surface area contributed by atoms with Gasteiger partial charge in [0, 0.05) is 17.8 Å². The molecule has 0 saturated heterocycles. The maximum absolute atomic E-state index is 13.5. The lowest BCUT2D eigenvalue weighted by molar-refractivity contribution is 0.0601. The minimum absolute atomic E-state index is 0.0752. The maximum atomic E-state index is 13.5. The largest absolute Gasteiger partial charge is 0.465 e. The Bertz CT molecular complexity index is 677. The summed E-state index contributed by atoms with van der Waals surface area (Å²) in [7, 11) is 1.25. The number of benzene rings is 2. The third-order valence-corrected chi connectivity index (χ3v) is 3.19. The molecular formula is C15H12ClF2NO2. The SMILES string of the molecule is COC(=O)c1cc(NCc2cc(F)ccc2F)ccc1Cl. The van der Waals surface area contributed by atoms with Gasteiger partial charge in [-0.1, -0.05) is 11.6 Å². The van der Waals surface area contributed by atoms with E-state index in [9.17, 15) is 13.6 Å². The lowest BCUT2D eigenvalue weighted by Crippen LogP contribution is -2.06. The van der Waals surface area contributed by atoms with Crippen LogP contribution in [0.5, 0.6) is 0 Å². The van der Waals surface area contributed by atoms with E-state index in [1.807, 2.05) is 0 Å². The van der Waals surface area contributed by atoms with Crippen LogP contribution in [-0.2, 0) is 11.3 Å². The van der Waals surface area contributed by atoms with Crippen LogP contribution in [0.3, 0.4) is 0 Å². The van der Waals surface area contributed by atoms with E-state index in [0.717, 1.165) is 18.2 Å². The number of halogens is 3. The average Bonchev–Trinajstić information content (AvgIpc) is 2.48. The molecule has 0 fully saturated rings. The average molecular weight is 312 g/mol.